The van der Waals surface area contributed by atoms with Crippen LogP contribution in [-0.4, -0.2) is 11.7 Å². The number of hydrogen-bond acceptors (Lipinski definition) is 1. The molecule has 0 bridgehead atoms. The van der Waals surface area contributed by atoms with Crippen molar-refractivity contribution in [3.63, 3.8) is 0 Å². The second kappa shape index (κ2) is 5.16. The molecule has 1 rings (SSSR count). The first-order valence-corrected chi connectivity index (χ1v) is 5.32. The van der Waals surface area contributed by atoms with Gasteiger partial charge in [0.05, 0.1) is 0 Å². The average molecular weight is 192 g/mol. The molecule has 0 aliphatic rings. The summed E-state index contributed by atoms with van der Waals surface area (Å²) in [6.45, 7) is 6.79. The fourth-order valence-corrected chi connectivity index (χ4v) is 1.72. The van der Waals surface area contributed by atoms with Crippen molar-refractivity contribution in [1.82, 2.24) is 0 Å². The van der Waals surface area contributed by atoms with Gasteiger partial charge in [0.2, 0.25) is 0 Å². The number of aryl methyl sites for hydroxylation is 4. The van der Waals surface area contributed by atoms with Gasteiger partial charge < -0.3 is 5.11 Å². The first-order valence-electron chi connectivity index (χ1n) is 5.32. The summed E-state index contributed by atoms with van der Waals surface area (Å²) in [4.78, 5) is 0. The molecule has 0 unspecified atom stereocenters. The molecule has 0 fully saturated rings. The summed E-state index contributed by atoms with van der Waals surface area (Å²) >= 11 is 0. The zero-order valence-electron chi connectivity index (χ0n) is 9.43. The topological polar surface area (TPSA) is 20.2 Å². The molecule has 0 amide bonds. The predicted molar refractivity (Wildman–Crippen MR) is 60.7 cm³/mol. The Bertz CT molecular complexity index is 302. The second-order valence-electron chi connectivity index (χ2n) is 4.04. The van der Waals surface area contributed by atoms with Gasteiger partial charge in [-0.05, 0) is 62.3 Å². The van der Waals surface area contributed by atoms with Crippen molar-refractivity contribution >= 4 is 0 Å². The average Bonchev–Trinajstić information content (AvgIpc) is 2.14. The summed E-state index contributed by atoms with van der Waals surface area (Å²) in [6, 6.07) is 4.53. The molecule has 0 radical (unpaired) electrons. The minimum Gasteiger partial charge on any atom is -0.396 e. The standard InChI is InChI=1S/C13H20O/c1-10-8-12(3)13(9-11(10)2)6-4-5-7-14/h8-9,14H,4-7H2,1-3H3. The van der Waals surface area contributed by atoms with Crippen molar-refractivity contribution in [3.05, 3.63) is 34.4 Å². The molecular formula is C13H20O. The Labute approximate surface area is 86.8 Å². The maximum atomic E-state index is 8.71. The highest BCUT2D eigenvalue weighted by atomic mass is 16.2. The van der Waals surface area contributed by atoms with Crippen LogP contribution in [0.4, 0.5) is 0 Å². The molecule has 78 valence electrons. The van der Waals surface area contributed by atoms with Crippen molar-refractivity contribution in [2.45, 2.75) is 40.0 Å². The molecule has 1 N–H and O–H groups in total. The van der Waals surface area contributed by atoms with E-state index < -0.39 is 0 Å². The third kappa shape index (κ3) is 2.85. The molecule has 0 heterocycles. The van der Waals surface area contributed by atoms with E-state index in [1.54, 1.807) is 0 Å². The second-order valence-corrected chi connectivity index (χ2v) is 4.04. The Morgan fingerprint density at radius 3 is 2.21 bits per heavy atom. The minimum absolute atomic E-state index is 0.309. The summed E-state index contributed by atoms with van der Waals surface area (Å²) in [5, 5.41) is 8.71. The van der Waals surface area contributed by atoms with Crippen molar-refractivity contribution in [2.75, 3.05) is 6.61 Å². The summed E-state index contributed by atoms with van der Waals surface area (Å²) in [5.74, 6) is 0. The number of unbranched alkanes of at least 4 members (excludes halogenated alkanes) is 1. The zero-order valence-corrected chi connectivity index (χ0v) is 9.43. The van der Waals surface area contributed by atoms with Crippen molar-refractivity contribution < 1.29 is 5.11 Å². The number of aliphatic hydroxyl groups excluding tert-OH is 1. The van der Waals surface area contributed by atoms with Crippen LogP contribution in [-0.2, 0) is 6.42 Å². The van der Waals surface area contributed by atoms with Crippen LogP contribution < -0.4 is 0 Å². The van der Waals surface area contributed by atoms with Gasteiger partial charge in [-0.3, -0.25) is 0 Å². The molecule has 1 aromatic rings. The van der Waals surface area contributed by atoms with E-state index in [1.807, 2.05) is 0 Å². The smallest absolute Gasteiger partial charge is 0.0431 e. The highest BCUT2D eigenvalue weighted by Crippen LogP contribution is 2.17. The minimum atomic E-state index is 0.309. The number of aliphatic hydroxyl groups is 1. The van der Waals surface area contributed by atoms with Gasteiger partial charge in [-0.15, -0.1) is 0 Å². The van der Waals surface area contributed by atoms with Crippen LogP contribution in [0.5, 0.6) is 0 Å². The van der Waals surface area contributed by atoms with Gasteiger partial charge in [0, 0.05) is 6.61 Å². The van der Waals surface area contributed by atoms with Crippen LogP contribution in [0.15, 0.2) is 12.1 Å². The Morgan fingerprint density at radius 2 is 1.57 bits per heavy atom. The summed E-state index contributed by atoms with van der Waals surface area (Å²) in [5.41, 5.74) is 5.55. The van der Waals surface area contributed by atoms with E-state index in [0.29, 0.717) is 6.61 Å². The fraction of sp³-hybridized carbons (Fsp3) is 0.538. The molecule has 0 saturated carbocycles. The van der Waals surface area contributed by atoms with Crippen molar-refractivity contribution in [3.8, 4) is 0 Å². The van der Waals surface area contributed by atoms with Crippen LogP contribution in [0.1, 0.15) is 35.1 Å². The van der Waals surface area contributed by atoms with Gasteiger partial charge >= 0.3 is 0 Å². The molecule has 0 aliphatic carbocycles. The maximum absolute atomic E-state index is 8.71. The number of hydrogen-bond donors (Lipinski definition) is 1. The van der Waals surface area contributed by atoms with Crippen LogP contribution in [0.25, 0.3) is 0 Å². The SMILES string of the molecule is Cc1cc(C)c(CCCCO)cc1C. The van der Waals surface area contributed by atoms with Gasteiger partial charge in [-0.1, -0.05) is 12.1 Å². The lowest BCUT2D eigenvalue weighted by molar-refractivity contribution is 0.284. The van der Waals surface area contributed by atoms with E-state index in [9.17, 15) is 0 Å². The van der Waals surface area contributed by atoms with E-state index >= 15 is 0 Å². The Kier molecular flexibility index (Phi) is 4.15. The first kappa shape index (κ1) is 11.3. The highest BCUT2D eigenvalue weighted by molar-refractivity contribution is 5.36. The maximum Gasteiger partial charge on any atom is 0.0431 e. The summed E-state index contributed by atoms with van der Waals surface area (Å²) in [7, 11) is 0. The van der Waals surface area contributed by atoms with Crippen LogP contribution >= 0.6 is 0 Å². The third-order valence-corrected chi connectivity index (χ3v) is 2.81. The summed E-state index contributed by atoms with van der Waals surface area (Å²) in [6.07, 6.45) is 3.08. The molecule has 0 atom stereocenters. The normalized spacial score (nSPS) is 10.6. The molecular weight excluding hydrogens is 172 g/mol. The quantitative estimate of drug-likeness (QED) is 0.727. The Morgan fingerprint density at radius 1 is 0.929 bits per heavy atom. The highest BCUT2D eigenvalue weighted by Gasteiger charge is 2.01. The molecule has 14 heavy (non-hydrogen) atoms. The zero-order chi connectivity index (χ0) is 10.6. The molecule has 1 aromatic carbocycles. The first-order chi connectivity index (χ1) is 6.65. The van der Waals surface area contributed by atoms with Gasteiger partial charge in [-0.25, -0.2) is 0 Å². The van der Waals surface area contributed by atoms with E-state index in [-0.39, 0.29) is 0 Å². The van der Waals surface area contributed by atoms with Gasteiger partial charge in [0.15, 0.2) is 0 Å². The molecule has 0 aromatic heterocycles. The van der Waals surface area contributed by atoms with E-state index in [1.165, 1.54) is 22.3 Å². The van der Waals surface area contributed by atoms with Gasteiger partial charge in [-0.2, -0.15) is 0 Å². The van der Waals surface area contributed by atoms with E-state index in [2.05, 4.69) is 32.9 Å². The molecule has 0 spiro atoms. The lowest BCUT2D eigenvalue weighted by atomic mass is 9.97. The lowest BCUT2D eigenvalue weighted by Crippen LogP contribution is -1.94. The van der Waals surface area contributed by atoms with Crippen LogP contribution in [0, 0.1) is 20.8 Å². The van der Waals surface area contributed by atoms with Crippen molar-refractivity contribution in [2.24, 2.45) is 0 Å². The Balaban J connectivity index is 2.72. The fourth-order valence-electron chi connectivity index (χ4n) is 1.72. The lowest BCUT2D eigenvalue weighted by Gasteiger charge is -2.09. The van der Waals surface area contributed by atoms with Gasteiger partial charge in [0.25, 0.3) is 0 Å². The summed E-state index contributed by atoms with van der Waals surface area (Å²) < 4.78 is 0. The Hall–Kier alpha value is -0.820. The van der Waals surface area contributed by atoms with Crippen molar-refractivity contribution in [1.29, 1.82) is 0 Å². The molecule has 1 heteroatoms. The predicted octanol–water partition coefficient (Wildman–Crippen LogP) is 2.93. The molecule has 1 nitrogen and oxygen atoms in total. The van der Waals surface area contributed by atoms with Crippen LogP contribution in [0.2, 0.25) is 0 Å². The van der Waals surface area contributed by atoms with E-state index in [0.717, 1.165) is 19.3 Å². The largest absolute Gasteiger partial charge is 0.396 e. The molecule has 0 aliphatic heterocycles. The number of rotatable bonds is 4. The molecule has 0 saturated heterocycles. The number of benzene rings is 1. The van der Waals surface area contributed by atoms with Crippen LogP contribution in [0.3, 0.4) is 0 Å². The monoisotopic (exact) mass is 192 g/mol. The van der Waals surface area contributed by atoms with Gasteiger partial charge in [0.1, 0.15) is 0 Å². The van der Waals surface area contributed by atoms with E-state index in [4.69, 9.17) is 5.11 Å². The third-order valence-electron chi connectivity index (χ3n) is 2.81.